The zero-order valence-corrected chi connectivity index (χ0v) is 11.5. The Kier molecular flexibility index (Phi) is 5.40. The van der Waals surface area contributed by atoms with Crippen LogP contribution < -0.4 is 5.46 Å². The fraction of sp³-hybridized carbons (Fsp3) is 0.571. The first kappa shape index (κ1) is 14.5. The van der Waals surface area contributed by atoms with Crippen molar-refractivity contribution in [1.82, 2.24) is 4.90 Å². The van der Waals surface area contributed by atoms with Crippen LogP contribution in [0.5, 0.6) is 0 Å². The minimum atomic E-state index is -1.40. The van der Waals surface area contributed by atoms with Gasteiger partial charge in [0.2, 0.25) is 0 Å². The Hall–Kier alpha value is -0.875. The van der Waals surface area contributed by atoms with Crippen molar-refractivity contribution in [3.8, 4) is 0 Å². The molecule has 0 radical (unpaired) electrons. The highest BCUT2D eigenvalue weighted by atomic mass is 16.5. The molecule has 4 nitrogen and oxygen atoms in total. The molecule has 5 heteroatoms. The van der Waals surface area contributed by atoms with Gasteiger partial charge >= 0.3 is 7.12 Å². The molecule has 2 rings (SSSR count). The number of hydrogen-bond acceptors (Lipinski definition) is 4. The lowest BCUT2D eigenvalue weighted by Gasteiger charge is -2.27. The Bertz CT molecular complexity index is 394. The van der Waals surface area contributed by atoms with Crippen molar-refractivity contribution in [3.05, 3.63) is 29.8 Å². The van der Waals surface area contributed by atoms with E-state index in [1.807, 2.05) is 18.2 Å². The topological polar surface area (TPSA) is 52.9 Å². The summed E-state index contributed by atoms with van der Waals surface area (Å²) in [5.41, 5.74) is 1.56. The largest absolute Gasteiger partial charge is 0.488 e. The van der Waals surface area contributed by atoms with E-state index in [0.29, 0.717) is 11.4 Å². The number of benzene rings is 1. The highest BCUT2D eigenvalue weighted by Gasteiger charge is 2.19. The monoisotopic (exact) mass is 263 g/mol. The van der Waals surface area contributed by atoms with Crippen LogP contribution in [0.1, 0.15) is 18.4 Å². The average Bonchev–Trinajstić information content (AvgIpc) is 2.40. The molecule has 2 N–H and O–H groups in total. The van der Waals surface area contributed by atoms with Crippen molar-refractivity contribution in [2.75, 3.05) is 26.8 Å². The van der Waals surface area contributed by atoms with E-state index in [-0.39, 0.29) is 0 Å². The summed E-state index contributed by atoms with van der Waals surface area (Å²) in [7, 11) is 0.664. The van der Waals surface area contributed by atoms with Gasteiger partial charge in [-0.2, -0.15) is 0 Å². The van der Waals surface area contributed by atoms with Gasteiger partial charge < -0.3 is 19.7 Å². The Morgan fingerprint density at radius 1 is 1.37 bits per heavy atom. The Labute approximate surface area is 115 Å². The van der Waals surface area contributed by atoms with Gasteiger partial charge in [0.25, 0.3) is 0 Å². The van der Waals surface area contributed by atoms with E-state index in [9.17, 15) is 10.0 Å². The highest BCUT2D eigenvalue weighted by molar-refractivity contribution is 6.59. The number of hydrogen-bond donors (Lipinski definition) is 2. The molecule has 0 amide bonds. The van der Waals surface area contributed by atoms with Crippen LogP contribution in [0.2, 0.25) is 0 Å². The lowest BCUT2D eigenvalue weighted by molar-refractivity contribution is 0.0412. The van der Waals surface area contributed by atoms with Crippen molar-refractivity contribution >= 4 is 12.6 Å². The summed E-state index contributed by atoms with van der Waals surface area (Å²) in [6, 6.07) is 7.46. The second kappa shape index (κ2) is 7.05. The van der Waals surface area contributed by atoms with E-state index >= 15 is 0 Å². The summed E-state index contributed by atoms with van der Waals surface area (Å²) in [6.45, 7) is 3.44. The molecule has 0 bridgehead atoms. The van der Waals surface area contributed by atoms with Gasteiger partial charge in [-0.3, -0.25) is 0 Å². The van der Waals surface area contributed by atoms with Gasteiger partial charge in [0.15, 0.2) is 0 Å². The van der Waals surface area contributed by atoms with Crippen LogP contribution in [0, 0.1) is 5.92 Å². The van der Waals surface area contributed by atoms with Crippen LogP contribution in [-0.2, 0) is 11.3 Å². The molecular weight excluding hydrogens is 241 g/mol. The molecule has 1 fully saturated rings. The second-order valence-corrected chi connectivity index (χ2v) is 5.35. The summed E-state index contributed by atoms with van der Waals surface area (Å²) >= 11 is 0. The minimum absolute atomic E-state index is 0.588. The van der Waals surface area contributed by atoms with Gasteiger partial charge in [0.1, 0.15) is 0 Å². The van der Waals surface area contributed by atoms with Gasteiger partial charge in [-0.25, -0.2) is 0 Å². The maximum absolute atomic E-state index is 9.36. The zero-order chi connectivity index (χ0) is 13.7. The van der Waals surface area contributed by atoms with Crippen molar-refractivity contribution in [1.29, 1.82) is 0 Å². The van der Waals surface area contributed by atoms with Crippen LogP contribution in [0.4, 0.5) is 0 Å². The molecule has 104 valence electrons. The Morgan fingerprint density at radius 3 is 2.84 bits per heavy atom. The molecule has 1 aliphatic rings. The van der Waals surface area contributed by atoms with E-state index in [2.05, 4.69) is 11.9 Å². The standard InChI is InChI=1S/C14H22BNO3/c1-16(9-12-5-4-8-19-11-12)10-13-6-2-3-7-14(13)15(17)18/h2-3,6-7,12,17-18H,4-5,8-11H2,1H3. The van der Waals surface area contributed by atoms with Gasteiger partial charge in [0.05, 0.1) is 6.61 Å². The summed E-state index contributed by atoms with van der Waals surface area (Å²) in [4.78, 5) is 2.22. The molecule has 1 saturated heterocycles. The molecule has 0 saturated carbocycles. The normalized spacial score (nSPS) is 19.7. The van der Waals surface area contributed by atoms with Gasteiger partial charge in [0, 0.05) is 19.7 Å². The van der Waals surface area contributed by atoms with Crippen molar-refractivity contribution in [2.45, 2.75) is 19.4 Å². The van der Waals surface area contributed by atoms with E-state index < -0.39 is 7.12 Å². The quantitative estimate of drug-likeness (QED) is 0.746. The summed E-state index contributed by atoms with van der Waals surface area (Å²) in [6.07, 6.45) is 2.36. The molecule has 0 spiro atoms. The third kappa shape index (κ3) is 4.32. The van der Waals surface area contributed by atoms with Crippen LogP contribution in [0.25, 0.3) is 0 Å². The number of rotatable bonds is 5. The first-order valence-corrected chi connectivity index (χ1v) is 6.87. The minimum Gasteiger partial charge on any atom is -0.423 e. The molecule has 1 atom stereocenters. The second-order valence-electron chi connectivity index (χ2n) is 5.35. The van der Waals surface area contributed by atoms with Gasteiger partial charge in [-0.05, 0) is 36.8 Å². The molecule has 1 unspecified atom stereocenters. The fourth-order valence-corrected chi connectivity index (χ4v) is 2.68. The summed E-state index contributed by atoms with van der Waals surface area (Å²) in [5, 5.41) is 18.7. The fourth-order valence-electron chi connectivity index (χ4n) is 2.68. The third-order valence-electron chi connectivity index (χ3n) is 3.60. The van der Waals surface area contributed by atoms with Crippen LogP contribution in [0.15, 0.2) is 24.3 Å². The third-order valence-corrected chi connectivity index (χ3v) is 3.60. The molecule has 1 aromatic rings. The molecular formula is C14H22BNO3. The van der Waals surface area contributed by atoms with E-state index in [1.54, 1.807) is 6.07 Å². The van der Waals surface area contributed by atoms with Crippen LogP contribution >= 0.6 is 0 Å². The summed E-state index contributed by atoms with van der Waals surface area (Å²) < 4.78 is 5.49. The number of nitrogens with zero attached hydrogens (tertiary/aromatic N) is 1. The van der Waals surface area contributed by atoms with E-state index in [0.717, 1.165) is 38.3 Å². The van der Waals surface area contributed by atoms with E-state index in [1.165, 1.54) is 6.42 Å². The highest BCUT2D eigenvalue weighted by Crippen LogP contribution is 2.15. The van der Waals surface area contributed by atoms with Crippen LogP contribution in [-0.4, -0.2) is 48.9 Å². The molecule has 1 aromatic carbocycles. The SMILES string of the molecule is CN(Cc1ccccc1B(O)O)CC1CCCOC1. The smallest absolute Gasteiger partial charge is 0.423 e. The molecule has 19 heavy (non-hydrogen) atoms. The molecule has 0 aromatic heterocycles. The molecule has 0 aliphatic carbocycles. The number of ether oxygens (including phenoxy) is 1. The maximum Gasteiger partial charge on any atom is 0.488 e. The van der Waals surface area contributed by atoms with Crippen molar-refractivity contribution in [2.24, 2.45) is 5.92 Å². The van der Waals surface area contributed by atoms with Gasteiger partial charge in [-0.1, -0.05) is 24.3 Å². The van der Waals surface area contributed by atoms with E-state index in [4.69, 9.17) is 4.74 Å². The average molecular weight is 263 g/mol. The first-order chi connectivity index (χ1) is 9.16. The predicted octanol–water partition coefficient (Wildman–Crippen LogP) is 0.225. The maximum atomic E-state index is 9.36. The first-order valence-electron chi connectivity index (χ1n) is 6.87. The zero-order valence-electron chi connectivity index (χ0n) is 11.5. The summed E-state index contributed by atoms with van der Waals surface area (Å²) in [5.74, 6) is 0.588. The van der Waals surface area contributed by atoms with Crippen molar-refractivity contribution in [3.63, 3.8) is 0 Å². The lowest BCUT2D eigenvalue weighted by atomic mass is 9.77. The van der Waals surface area contributed by atoms with Crippen molar-refractivity contribution < 1.29 is 14.8 Å². The Balaban J connectivity index is 1.92. The molecule has 1 heterocycles. The van der Waals surface area contributed by atoms with Gasteiger partial charge in [-0.15, -0.1) is 0 Å². The van der Waals surface area contributed by atoms with Crippen LogP contribution in [0.3, 0.4) is 0 Å². The lowest BCUT2D eigenvalue weighted by Crippen LogP contribution is -2.36. The Morgan fingerprint density at radius 2 is 2.16 bits per heavy atom. The predicted molar refractivity (Wildman–Crippen MR) is 76.1 cm³/mol. The molecule has 1 aliphatic heterocycles.